The minimum atomic E-state index is 0.660. The van der Waals surface area contributed by atoms with Gasteiger partial charge in [-0.1, -0.05) is 27.7 Å². The second kappa shape index (κ2) is 6.97. The van der Waals surface area contributed by atoms with Gasteiger partial charge in [-0.15, -0.1) is 0 Å². The minimum Gasteiger partial charge on any atom is -0.344 e. The Hall–Kier alpha value is -0.480. The fourth-order valence-electron chi connectivity index (χ4n) is 1.31. The van der Waals surface area contributed by atoms with Crippen molar-refractivity contribution >= 4 is 11.8 Å². The molecule has 0 amide bonds. The van der Waals surface area contributed by atoms with Gasteiger partial charge in [0.2, 0.25) is 0 Å². The molecule has 0 unspecified atom stereocenters. The smallest absolute Gasteiger partial charge is 0.116 e. The van der Waals surface area contributed by atoms with Gasteiger partial charge >= 0.3 is 0 Å². The molecule has 0 saturated heterocycles. The molecule has 0 bridgehead atoms. The Kier molecular flexibility index (Phi) is 5.91. The van der Waals surface area contributed by atoms with E-state index in [0.717, 1.165) is 24.7 Å². The van der Waals surface area contributed by atoms with Crippen LogP contribution >= 0.6 is 11.8 Å². The molecule has 16 heavy (non-hydrogen) atoms. The monoisotopic (exact) mass is 241 g/mol. The third-order valence-corrected chi connectivity index (χ3v) is 3.21. The molecule has 0 spiro atoms. The molecular weight excluding hydrogens is 218 g/mol. The summed E-state index contributed by atoms with van der Waals surface area (Å²) in [6, 6.07) is 0. The highest BCUT2D eigenvalue weighted by Gasteiger charge is 2.02. The van der Waals surface area contributed by atoms with Gasteiger partial charge in [0.1, 0.15) is 5.82 Å². The van der Waals surface area contributed by atoms with E-state index in [9.17, 15) is 0 Å². The zero-order valence-electron chi connectivity index (χ0n) is 10.7. The summed E-state index contributed by atoms with van der Waals surface area (Å²) in [5.41, 5.74) is 1.18. The lowest BCUT2D eigenvalue weighted by Crippen LogP contribution is -2.19. The van der Waals surface area contributed by atoms with E-state index in [1.165, 1.54) is 5.69 Å². The van der Waals surface area contributed by atoms with Crippen LogP contribution in [-0.4, -0.2) is 21.8 Å². The van der Waals surface area contributed by atoms with E-state index in [1.54, 1.807) is 0 Å². The summed E-state index contributed by atoms with van der Waals surface area (Å²) in [7, 11) is 0. The second-order valence-electron chi connectivity index (χ2n) is 4.74. The van der Waals surface area contributed by atoms with Crippen LogP contribution in [0.1, 0.15) is 39.2 Å². The van der Waals surface area contributed by atoms with Crippen LogP contribution < -0.4 is 5.32 Å². The van der Waals surface area contributed by atoms with Crippen LogP contribution in [0, 0.1) is 5.92 Å². The van der Waals surface area contributed by atoms with Crippen molar-refractivity contribution in [2.45, 2.75) is 45.2 Å². The van der Waals surface area contributed by atoms with Crippen molar-refractivity contribution in [2.24, 2.45) is 5.92 Å². The summed E-state index contributed by atoms with van der Waals surface area (Å²) in [4.78, 5) is 7.72. The van der Waals surface area contributed by atoms with E-state index in [4.69, 9.17) is 0 Å². The number of hydrogen-bond acceptors (Lipinski definition) is 3. The van der Waals surface area contributed by atoms with Gasteiger partial charge in [0.25, 0.3) is 0 Å². The molecular formula is C12H23N3S. The summed E-state index contributed by atoms with van der Waals surface area (Å²) in [5, 5.41) is 4.06. The Morgan fingerprint density at radius 2 is 2.12 bits per heavy atom. The number of thioether (sulfide) groups is 1. The molecule has 0 aromatic carbocycles. The first-order valence-electron chi connectivity index (χ1n) is 5.93. The van der Waals surface area contributed by atoms with E-state index >= 15 is 0 Å². The predicted octanol–water partition coefficient (Wildman–Crippen LogP) is 2.80. The Bertz CT molecular complexity index is 294. The number of nitrogens with one attached hydrogen (secondary N) is 2. The van der Waals surface area contributed by atoms with Crippen LogP contribution in [0.3, 0.4) is 0 Å². The van der Waals surface area contributed by atoms with Crippen LogP contribution in [0.15, 0.2) is 6.20 Å². The van der Waals surface area contributed by atoms with Crippen LogP contribution in [0.4, 0.5) is 0 Å². The summed E-state index contributed by atoms with van der Waals surface area (Å²) in [5.74, 6) is 2.75. The first-order valence-corrected chi connectivity index (χ1v) is 6.98. The van der Waals surface area contributed by atoms with Gasteiger partial charge in [0.15, 0.2) is 0 Å². The van der Waals surface area contributed by atoms with Gasteiger partial charge in [-0.25, -0.2) is 4.98 Å². The Morgan fingerprint density at radius 1 is 1.38 bits per heavy atom. The maximum Gasteiger partial charge on any atom is 0.116 e. The summed E-state index contributed by atoms with van der Waals surface area (Å²) >= 11 is 1.91. The van der Waals surface area contributed by atoms with Gasteiger partial charge < -0.3 is 10.3 Å². The van der Waals surface area contributed by atoms with Gasteiger partial charge in [-0.05, 0) is 17.7 Å². The molecule has 0 fully saturated rings. The number of hydrogen-bond donors (Lipinski definition) is 2. The standard InChI is InChI=1S/C12H23N3S/c1-9(2)5-13-6-11-7-14-12(15-11)8-16-10(3)4/h7,9-10,13H,5-6,8H2,1-4H3,(H,14,15). The fraction of sp³-hybridized carbons (Fsp3) is 0.750. The molecule has 0 aliphatic rings. The highest BCUT2D eigenvalue weighted by Crippen LogP contribution is 2.14. The summed E-state index contributed by atoms with van der Waals surface area (Å²) < 4.78 is 0. The van der Waals surface area contributed by atoms with E-state index in [1.807, 2.05) is 18.0 Å². The molecule has 3 nitrogen and oxygen atoms in total. The average Bonchev–Trinajstić information content (AvgIpc) is 2.62. The average molecular weight is 241 g/mol. The normalized spacial score (nSPS) is 11.6. The van der Waals surface area contributed by atoms with Crippen molar-refractivity contribution in [2.75, 3.05) is 6.54 Å². The van der Waals surface area contributed by atoms with Crippen molar-refractivity contribution in [3.05, 3.63) is 17.7 Å². The lowest BCUT2D eigenvalue weighted by atomic mass is 10.2. The van der Waals surface area contributed by atoms with Crippen molar-refractivity contribution in [3.63, 3.8) is 0 Å². The Balaban J connectivity index is 2.28. The third-order valence-electron chi connectivity index (χ3n) is 2.10. The van der Waals surface area contributed by atoms with E-state index in [0.29, 0.717) is 11.2 Å². The molecule has 0 radical (unpaired) electrons. The van der Waals surface area contributed by atoms with Crippen LogP contribution in [0.5, 0.6) is 0 Å². The molecule has 0 aliphatic heterocycles. The highest BCUT2D eigenvalue weighted by atomic mass is 32.2. The third kappa shape index (κ3) is 5.56. The van der Waals surface area contributed by atoms with Crippen molar-refractivity contribution in [1.82, 2.24) is 15.3 Å². The molecule has 0 saturated carbocycles. The van der Waals surface area contributed by atoms with E-state index in [2.05, 4.69) is 43.0 Å². The quantitative estimate of drug-likeness (QED) is 0.771. The van der Waals surface area contributed by atoms with Crippen molar-refractivity contribution in [3.8, 4) is 0 Å². The largest absolute Gasteiger partial charge is 0.344 e. The number of H-pyrrole nitrogens is 1. The summed E-state index contributed by atoms with van der Waals surface area (Å²) in [6.45, 7) is 10.8. The summed E-state index contributed by atoms with van der Waals surface area (Å²) in [6.07, 6.45) is 1.93. The number of nitrogens with zero attached hydrogens (tertiary/aromatic N) is 1. The molecule has 1 aromatic heterocycles. The van der Waals surface area contributed by atoms with Crippen molar-refractivity contribution < 1.29 is 0 Å². The topological polar surface area (TPSA) is 40.7 Å². The number of aromatic amines is 1. The number of aromatic nitrogens is 2. The van der Waals surface area contributed by atoms with Gasteiger partial charge in [0.05, 0.1) is 5.75 Å². The second-order valence-corrected chi connectivity index (χ2v) is 6.30. The SMILES string of the molecule is CC(C)CNCc1cnc(CSC(C)C)[nH]1. The lowest BCUT2D eigenvalue weighted by Gasteiger charge is -2.05. The molecule has 1 rings (SSSR count). The molecule has 1 aromatic rings. The molecule has 4 heteroatoms. The van der Waals surface area contributed by atoms with Crippen molar-refractivity contribution in [1.29, 1.82) is 0 Å². The fourth-order valence-corrected chi connectivity index (χ4v) is 1.95. The molecule has 2 N–H and O–H groups in total. The Morgan fingerprint density at radius 3 is 2.75 bits per heavy atom. The van der Waals surface area contributed by atoms with Crippen LogP contribution in [0.25, 0.3) is 0 Å². The maximum absolute atomic E-state index is 4.37. The molecule has 1 heterocycles. The lowest BCUT2D eigenvalue weighted by molar-refractivity contribution is 0.549. The van der Waals surface area contributed by atoms with Gasteiger partial charge in [-0.2, -0.15) is 11.8 Å². The van der Waals surface area contributed by atoms with Gasteiger partial charge in [0, 0.05) is 18.4 Å². The van der Waals surface area contributed by atoms with Crippen LogP contribution in [0.2, 0.25) is 0 Å². The zero-order chi connectivity index (χ0) is 12.0. The van der Waals surface area contributed by atoms with E-state index < -0.39 is 0 Å². The van der Waals surface area contributed by atoms with E-state index in [-0.39, 0.29) is 0 Å². The number of imidazole rings is 1. The molecule has 92 valence electrons. The molecule has 0 atom stereocenters. The predicted molar refractivity (Wildman–Crippen MR) is 71.6 cm³/mol. The zero-order valence-corrected chi connectivity index (χ0v) is 11.5. The first kappa shape index (κ1) is 13.6. The maximum atomic E-state index is 4.37. The highest BCUT2D eigenvalue weighted by molar-refractivity contribution is 7.99. The van der Waals surface area contributed by atoms with Crippen LogP contribution in [-0.2, 0) is 12.3 Å². The van der Waals surface area contributed by atoms with Gasteiger partial charge in [-0.3, -0.25) is 0 Å². The molecule has 0 aliphatic carbocycles. The first-order chi connectivity index (χ1) is 7.58. The Labute approximate surface area is 103 Å². The minimum absolute atomic E-state index is 0.660. The number of rotatable bonds is 7.